The van der Waals surface area contributed by atoms with Crippen LogP contribution in [0.3, 0.4) is 0 Å². The normalized spacial score (nSPS) is 11.2. The van der Waals surface area contributed by atoms with Crippen molar-refractivity contribution in [3.63, 3.8) is 0 Å². The number of anilines is 1. The fourth-order valence-corrected chi connectivity index (χ4v) is 3.78. The van der Waals surface area contributed by atoms with Gasteiger partial charge in [-0.1, -0.05) is 6.07 Å². The zero-order chi connectivity index (χ0) is 12.0. The Balaban J connectivity index is 2.21. The molecule has 2 N–H and O–H groups in total. The third-order valence-electron chi connectivity index (χ3n) is 2.76. The minimum Gasteiger partial charge on any atom is -0.397 e. The van der Waals surface area contributed by atoms with Crippen LogP contribution in [0.5, 0.6) is 0 Å². The van der Waals surface area contributed by atoms with Gasteiger partial charge in [-0.15, -0.1) is 22.7 Å². The number of thiophene rings is 1. The molecule has 2 aromatic heterocycles. The minimum atomic E-state index is 0.866. The molecule has 0 bridgehead atoms. The lowest BCUT2D eigenvalue weighted by atomic mass is 10.2. The molecule has 0 aliphatic carbocycles. The smallest absolute Gasteiger partial charge is 0.136 e. The fourth-order valence-electron chi connectivity index (χ4n) is 1.75. The Morgan fingerprint density at radius 1 is 1.24 bits per heavy atom. The summed E-state index contributed by atoms with van der Waals surface area (Å²) < 4.78 is 1.22. The summed E-state index contributed by atoms with van der Waals surface area (Å²) in [7, 11) is 0. The van der Waals surface area contributed by atoms with Crippen molar-refractivity contribution in [2.24, 2.45) is 0 Å². The molecular formula is C13H12N2S2. The molecule has 0 amide bonds. The largest absolute Gasteiger partial charge is 0.397 e. The van der Waals surface area contributed by atoms with Gasteiger partial charge in [-0.3, -0.25) is 0 Å². The number of aryl methyl sites for hydroxylation is 2. The van der Waals surface area contributed by atoms with Crippen LogP contribution >= 0.6 is 22.7 Å². The van der Waals surface area contributed by atoms with Gasteiger partial charge in [-0.2, -0.15) is 0 Å². The first kappa shape index (κ1) is 10.7. The quantitative estimate of drug-likeness (QED) is 0.711. The van der Waals surface area contributed by atoms with E-state index in [9.17, 15) is 0 Å². The first-order chi connectivity index (χ1) is 8.15. The van der Waals surface area contributed by atoms with Gasteiger partial charge >= 0.3 is 0 Å². The van der Waals surface area contributed by atoms with Crippen molar-refractivity contribution >= 4 is 38.6 Å². The van der Waals surface area contributed by atoms with Crippen molar-refractivity contribution in [1.82, 2.24) is 4.98 Å². The van der Waals surface area contributed by atoms with Gasteiger partial charge in [0.05, 0.1) is 20.8 Å². The fraction of sp³-hybridized carbons (Fsp3) is 0.154. The molecule has 0 saturated heterocycles. The van der Waals surface area contributed by atoms with Crippen molar-refractivity contribution < 1.29 is 0 Å². The Kier molecular flexibility index (Phi) is 2.42. The zero-order valence-electron chi connectivity index (χ0n) is 9.65. The molecule has 0 unspecified atom stereocenters. The van der Waals surface area contributed by atoms with Gasteiger partial charge in [0.15, 0.2) is 0 Å². The van der Waals surface area contributed by atoms with Crippen molar-refractivity contribution in [2.75, 3.05) is 5.73 Å². The summed E-state index contributed by atoms with van der Waals surface area (Å²) in [5.41, 5.74) is 10.4. The van der Waals surface area contributed by atoms with Crippen molar-refractivity contribution in [2.45, 2.75) is 13.8 Å². The van der Waals surface area contributed by atoms with Gasteiger partial charge in [-0.25, -0.2) is 4.98 Å². The number of nitrogens with zero attached hydrogens (tertiary/aromatic N) is 1. The Morgan fingerprint density at radius 3 is 2.76 bits per heavy atom. The minimum absolute atomic E-state index is 0.866. The average molecular weight is 260 g/mol. The number of nitrogens with two attached hydrogens (primary N) is 1. The van der Waals surface area contributed by atoms with Crippen LogP contribution in [0.4, 0.5) is 5.69 Å². The van der Waals surface area contributed by atoms with Gasteiger partial charge in [0.1, 0.15) is 5.01 Å². The summed E-state index contributed by atoms with van der Waals surface area (Å²) in [5.74, 6) is 0. The summed E-state index contributed by atoms with van der Waals surface area (Å²) in [5, 5.41) is 3.11. The molecule has 2 nitrogen and oxygen atoms in total. The molecule has 2 heterocycles. The third-order valence-corrected chi connectivity index (χ3v) is 5.06. The van der Waals surface area contributed by atoms with Gasteiger partial charge < -0.3 is 5.73 Å². The van der Waals surface area contributed by atoms with E-state index in [4.69, 9.17) is 5.73 Å². The molecule has 0 spiro atoms. The summed E-state index contributed by atoms with van der Waals surface area (Å²) in [6.07, 6.45) is 0. The number of aromatic nitrogens is 1. The number of hydrogen-bond acceptors (Lipinski definition) is 4. The van der Waals surface area contributed by atoms with Crippen LogP contribution < -0.4 is 5.73 Å². The molecule has 0 radical (unpaired) electrons. The summed E-state index contributed by atoms with van der Waals surface area (Å²) >= 11 is 3.38. The van der Waals surface area contributed by atoms with Crippen molar-refractivity contribution in [3.8, 4) is 9.88 Å². The second-order valence-corrected chi connectivity index (χ2v) is 6.06. The molecule has 0 aliphatic rings. The van der Waals surface area contributed by atoms with Gasteiger partial charge in [0.2, 0.25) is 0 Å². The molecular weight excluding hydrogens is 248 g/mol. The highest BCUT2D eigenvalue weighted by Gasteiger charge is 2.12. The van der Waals surface area contributed by atoms with Gasteiger partial charge in [-0.05, 0) is 42.5 Å². The SMILES string of the molecule is Cc1ccc2sc(-c3scc(C)c3N)nc2c1. The number of nitrogen functional groups attached to an aromatic ring is 1. The van der Waals surface area contributed by atoms with Crippen LogP contribution in [0.2, 0.25) is 0 Å². The van der Waals surface area contributed by atoms with Crippen LogP contribution in [-0.4, -0.2) is 4.98 Å². The number of rotatable bonds is 1. The monoisotopic (exact) mass is 260 g/mol. The van der Waals surface area contributed by atoms with E-state index in [-0.39, 0.29) is 0 Å². The molecule has 0 aliphatic heterocycles. The second-order valence-electron chi connectivity index (χ2n) is 4.15. The Bertz CT molecular complexity index is 695. The summed E-state index contributed by atoms with van der Waals surface area (Å²) in [4.78, 5) is 5.77. The lowest BCUT2D eigenvalue weighted by Gasteiger charge is -1.93. The van der Waals surface area contributed by atoms with Gasteiger partial charge in [0.25, 0.3) is 0 Å². The van der Waals surface area contributed by atoms with Crippen LogP contribution in [0.25, 0.3) is 20.1 Å². The Morgan fingerprint density at radius 2 is 2.06 bits per heavy atom. The zero-order valence-corrected chi connectivity index (χ0v) is 11.3. The van der Waals surface area contributed by atoms with E-state index in [1.807, 2.05) is 6.92 Å². The number of fused-ring (bicyclic) bond motifs is 1. The maximum atomic E-state index is 6.06. The van der Waals surface area contributed by atoms with Crippen LogP contribution in [-0.2, 0) is 0 Å². The molecule has 3 rings (SSSR count). The Labute approximate surface area is 108 Å². The highest BCUT2D eigenvalue weighted by molar-refractivity contribution is 7.25. The number of hydrogen-bond donors (Lipinski definition) is 1. The van der Waals surface area contributed by atoms with Crippen molar-refractivity contribution in [1.29, 1.82) is 0 Å². The first-order valence-corrected chi connectivity index (χ1v) is 7.06. The molecule has 3 aromatic rings. The van der Waals surface area contributed by atoms with E-state index in [0.717, 1.165) is 26.7 Å². The number of benzene rings is 1. The van der Waals surface area contributed by atoms with E-state index in [1.165, 1.54) is 10.3 Å². The molecule has 86 valence electrons. The molecule has 0 atom stereocenters. The van der Waals surface area contributed by atoms with E-state index >= 15 is 0 Å². The van der Waals surface area contributed by atoms with E-state index < -0.39 is 0 Å². The van der Waals surface area contributed by atoms with Crippen LogP contribution in [0, 0.1) is 13.8 Å². The van der Waals surface area contributed by atoms with E-state index in [2.05, 4.69) is 35.5 Å². The molecule has 0 fully saturated rings. The average Bonchev–Trinajstić information content (AvgIpc) is 2.83. The molecule has 0 saturated carbocycles. The van der Waals surface area contributed by atoms with E-state index in [0.29, 0.717) is 0 Å². The van der Waals surface area contributed by atoms with Gasteiger partial charge in [0, 0.05) is 0 Å². The Hall–Kier alpha value is -1.39. The topological polar surface area (TPSA) is 38.9 Å². The highest BCUT2D eigenvalue weighted by atomic mass is 32.1. The molecule has 1 aromatic carbocycles. The standard InChI is InChI=1S/C13H12N2S2/c1-7-3-4-10-9(5-7)15-13(17-10)12-11(14)8(2)6-16-12/h3-6H,14H2,1-2H3. The first-order valence-electron chi connectivity index (χ1n) is 5.36. The molecule has 4 heteroatoms. The number of thiazole rings is 1. The predicted octanol–water partition coefficient (Wildman–Crippen LogP) is 4.22. The predicted molar refractivity (Wildman–Crippen MR) is 76.8 cm³/mol. The lowest BCUT2D eigenvalue weighted by molar-refractivity contribution is 1.45. The van der Waals surface area contributed by atoms with Crippen molar-refractivity contribution in [3.05, 3.63) is 34.7 Å². The maximum Gasteiger partial charge on any atom is 0.136 e. The lowest BCUT2D eigenvalue weighted by Crippen LogP contribution is -1.86. The van der Waals surface area contributed by atoms with Crippen LogP contribution in [0.1, 0.15) is 11.1 Å². The second kappa shape index (κ2) is 3.82. The molecule has 17 heavy (non-hydrogen) atoms. The van der Waals surface area contributed by atoms with E-state index in [1.54, 1.807) is 22.7 Å². The highest BCUT2D eigenvalue weighted by Crippen LogP contribution is 2.38. The summed E-state index contributed by atoms with van der Waals surface area (Å²) in [6.45, 7) is 4.12. The maximum absolute atomic E-state index is 6.06. The summed E-state index contributed by atoms with van der Waals surface area (Å²) in [6, 6.07) is 6.36. The van der Waals surface area contributed by atoms with Crippen LogP contribution in [0.15, 0.2) is 23.6 Å². The third kappa shape index (κ3) is 1.73.